The lowest BCUT2D eigenvalue weighted by atomic mass is 10.2. The summed E-state index contributed by atoms with van der Waals surface area (Å²) in [5, 5.41) is 0. The molecule has 16 heavy (non-hydrogen) atoms. The average molecular weight is 284 g/mol. The van der Waals surface area contributed by atoms with Gasteiger partial charge in [-0.1, -0.05) is 13.8 Å². The van der Waals surface area contributed by atoms with Crippen LogP contribution in [-0.4, -0.2) is 0 Å². The number of thiophene rings is 3. The second kappa shape index (κ2) is 4.02. The van der Waals surface area contributed by atoms with E-state index >= 15 is 0 Å². The van der Waals surface area contributed by atoms with Crippen molar-refractivity contribution >= 4 is 65.4 Å². The molecule has 0 aliphatic heterocycles. The average Bonchev–Trinajstić information content (AvgIpc) is 2.85. The number of hydrogen-bond donors (Lipinski definition) is 1. The van der Waals surface area contributed by atoms with Crippen LogP contribution >= 0.6 is 46.6 Å². The maximum atomic E-state index is 4.35. The lowest BCUT2D eigenvalue weighted by molar-refractivity contribution is 0.891. The molecule has 0 aliphatic carbocycles. The van der Waals surface area contributed by atoms with E-state index in [0.29, 0.717) is 5.92 Å². The topological polar surface area (TPSA) is 0 Å². The Morgan fingerprint density at radius 3 is 2.44 bits per heavy atom. The Hall–Kier alpha value is -0.0300. The zero-order valence-electron chi connectivity index (χ0n) is 9.11. The number of hydrogen-bond acceptors (Lipinski definition) is 4. The molecule has 0 N–H and O–H groups in total. The Balaban J connectivity index is 2.27. The first kappa shape index (κ1) is 11.1. The maximum Gasteiger partial charge on any atom is 0.0632 e. The fourth-order valence-corrected chi connectivity index (χ4v) is 5.97. The highest BCUT2D eigenvalue weighted by atomic mass is 32.1. The molecular weight excluding hydrogens is 272 g/mol. The SMILES string of the molecule is CC(C)c1cc2sc3cc(CS)sc3c2s1. The largest absolute Gasteiger partial charge is 0.174 e. The quantitative estimate of drug-likeness (QED) is 0.571. The van der Waals surface area contributed by atoms with Crippen molar-refractivity contribution in [3.63, 3.8) is 0 Å². The van der Waals surface area contributed by atoms with Gasteiger partial charge in [-0.2, -0.15) is 12.6 Å². The molecule has 0 spiro atoms. The van der Waals surface area contributed by atoms with Crippen LogP contribution in [0.2, 0.25) is 0 Å². The summed E-state index contributed by atoms with van der Waals surface area (Å²) in [7, 11) is 0. The zero-order valence-corrected chi connectivity index (χ0v) is 12.5. The first-order valence-electron chi connectivity index (χ1n) is 5.24. The van der Waals surface area contributed by atoms with Crippen molar-refractivity contribution in [2.24, 2.45) is 0 Å². The highest BCUT2D eigenvalue weighted by molar-refractivity contribution is 7.79. The molecule has 0 saturated heterocycles. The Kier molecular flexibility index (Phi) is 2.78. The van der Waals surface area contributed by atoms with E-state index in [1.54, 1.807) is 0 Å². The lowest BCUT2D eigenvalue weighted by Gasteiger charge is -1.96. The van der Waals surface area contributed by atoms with E-state index in [9.17, 15) is 0 Å². The molecule has 3 aromatic rings. The van der Waals surface area contributed by atoms with Crippen LogP contribution in [0, 0.1) is 0 Å². The third-order valence-corrected chi connectivity index (χ3v) is 7.25. The van der Waals surface area contributed by atoms with Gasteiger partial charge in [-0.05, 0) is 18.1 Å². The third kappa shape index (κ3) is 1.63. The summed E-state index contributed by atoms with van der Waals surface area (Å²) in [6.07, 6.45) is 0. The Bertz CT molecular complexity index is 638. The van der Waals surface area contributed by atoms with Gasteiger partial charge in [0.2, 0.25) is 0 Å². The van der Waals surface area contributed by atoms with Crippen LogP contribution in [0.15, 0.2) is 12.1 Å². The molecule has 0 atom stereocenters. The van der Waals surface area contributed by atoms with E-state index in [0.717, 1.165) is 5.75 Å². The van der Waals surface area contributed by atoms with Gasteiger partial charge in [-0.3, -0.25) is 0 Å². The Morgan fingerprint density at radius 1 is 1.06 bits per heavy atom. The maximum absolute atomic E-state index is 4.35. The van der Waals surface area contributed by atoms with Crippen LogP contribution in [0.25, 0.3) is 18.8 Å². The standard InChI is InChI=1S/C12H12S4/c1-6(2)8-4-10-12(16-8)11-9(15-10)3-7(5-13)14-11/h3-4,6,13H,5H2,1-2H3. The minimum absolute atomic E-state index is 0.643. The van der Waals surface area contributed by atoms with Gasteiger partial charge >= 0.3 is 0 Å². The first-order chi connectivity index (χ1) is 7.69. The van der Waals surface area contributed by atoms with Gasteiger partial charge in [-0.15, -0.1) is 34.0 Å². The van der Waals surface area contributed by atoms with Crippen LogP contribution in [0.4, 0.5) is 0 Å². The van der Waals surface area contributed by atoms with E-state index in [2.05, 4.69) is 38.6 Å². The van der Waals surface area contributed by atoms with Crippen molar-refractivity contribution < 1.29 is 0 Å². The summed E-state index contributed by atoms with van der Waals surface area (Å²) in [4.78, 5) is 2.88. The summed E-state index contributed by atoms with van der Waals surface area (Å²) in [6.45, 7) is 4.53. The molecule has 0 fully saturated rings. The predicted molar refractivity (Wildman–Crippen MR) is 81.9 cm³/mol. The normalized spacial score (nSPS) is 12.2. The fourth-order valence-electron chi connectivity index (χ4n) is 1.76. The van der Waals surface area contributed by atoms with E-state index in [-0.39, 0.29) is 0 Å². The smallest absolute Gasteiger partial charge is 0.0632 e. The summed E-state index contributed by atoms with van der Waals surface area (Å²) < 4.78 is 5.86. The molecule has 3 rings (SSSR count). The second-order valence-corrected chi connectivity index (χ2v) is 7.78. The van der Waals surface area contributed by atoms with Crippen molar-refractivity contribution in [1.82, 2.24) is 0 Å². The van der Waals surface area contributed by atoms with Gasteiger partial charge in [-0.25, -0.2) is 0 Å². The van der Waals surface area contributed by atoms with E-state index in [1.165, 1.54) is 28.6 Å². The van der Waals surface area contributed by atoms with Crippen LogP contribution in [0.3, 0.4) is 0 Å². The van der Waals surface area contributed by atoms with Gasteiger partial charge in [0.25, 0.3) is 0 Å². The van der Waals surface area contributed by atoms with Gasteiger partial charge in [0.1, 0.15) is 0 Å². The van der Waals surface area contributed by atoms with Crippen molar-refractivity contribution in [3.8, 4) is 0 Å². The third-order valence-electron chi connectivity index (χ3n) is 2.62. The van der Waals surface area contributed by atoms with Crippen molar-refractivity contribution in [2.45, 2.75) is 25.5 Å². The van der Waals surface area contributed by atoms with E-state index < -0.39 is 0 Å². The molecule has 0 amide bonds. The summed E-state index contributed by atoms with van der Waals surface area (Å²) in [5.41, 5.74) is 0. The minimum Gasteiger partial charge on any atom is -0.174 e. The molecule has 3 aromatic heterocycles. The lowest BCUT2D eigenvalue weighted by Crippen LogP contribution is -1.77. The molecule has 0 bridgehead atoms. The summed E-state index contributed by atoms with van der Waals surface area (Å²) in [5.74, 6) is 1.50. The first-order valence-corrected chi connectivity index (χ1v) is 8.32. The van der Waals surface area contributed by atoms with Crippen LogP contribution in [-0.2, 0) is 5.75 Å². The zero-order chi connectivity index (χ0) is 11.3. The molecule has 3 heterocycles. The molecular formula is C12H12S4. The Morgan fingerprint density at radius 2 is 1.75 bits per heavy atom. The molecule has 0 aliphatic rings. The molecule has 84 valence electrons. The molecule has 0 radical (unpaired) electrons. The van der Waals surface area contributed by atoms with Crippen molar-refractivity contribution in [2.75, 3.05) is 0 Å². The van der Waals surface area contributed by atoms with E-state index in [1.807, 2.05) is 34.0 Å². The van der Waals surface area contributed by atoms with Crippen LogP contribution in [0.5, 0.6) is 0 Å². The number of fused-ring (bicyclic) bond motifs is 3. The molecule has 0 nitrogen and oxygen atoms in total. The minimum atomic E-state index is 0.643. The van der Waals surface area contributed by atoms with E-state index in [4.69, 9.17) is 0 Å². The fraction of sp³-hybridized carbons (Fsp3) is 0.333. The van der Waals surface area contributed by atoms with Gasteiger partial charge in [0.05, 0.1) is 9.40 Å². The molecule has 0 unspecified atom stereocenters. The van der Waals surface area contributed by atoms with Crippen LogP contribution < -0.4 is 0 Å². The summed E-state index contributed by atoms with van der Waals surface area (Å²) in [6, 6.07) is 4.65. The number of rotatable bonds is 2. The Labute approximate surface area is 112 Å². The van der Waals surface area contributed by atoms with Crippen molar-refractivity contribution in [3.05, 3.63) is 21.9 Å². The molecule has 0 saturated carbocycles. The monoisotopic (exact) mass is 284 g/mol. The van der Waals surface area contributed by atoms with Gasteiger partial charge < -0.3 is 0 Å². The molecule has 0 aromatic carbocycles. The van der Waals surface area contributed by atoms with Crippen LogP contribution in [0.1, 0.15) is 29.5 Å². The molecule has 4 heteroatoms. The number of thiol groups is 1. The highest BCUT2D eigenvalue weighted by Crippen LogP contribution is 2.45. The predicted octanol–water partition coefficient (Wildman–Crippen LogP) is 5.73. The van der Waals surface area contributed by atoms with Crippen molar-refractivity contribution in [1.29, 1.82) is 0 Å². The van der Waals surface area contributed by atoms with Gasteiger partial charge in [0.15, 0.2) is 0 Å². The summed E-state index contributed by atoms with van der Waals surface area (Å²) >= 11 is 10.1. The highest BCUT2D eigenvalue weighted by Gasteiger charge is 2.13. The second-order valence-electron chi connectivity index (χ2n) is 4.16. The van der Waals surface area contributed by atoms with Gasteiger partial charge in [0, 0.05) is 24.9 Å².